The minimum Gasteiger partial charge on any atom is -0.508 e. The third-order valence-corrected chi connectivity index (χ3v) is 9.57. The maximum atomic E-state index is 14.1. The van der Waals surface area contributed by atoms with Crippen LogP contribution in [0.5, 0.6) is 5.75 Å². The normalized spacial score (nSPS) is 27.9. The van der Waals surface area contributed by atoms with E-state index in [-0.39, 0.29) is 29.7 Å². The minimum atomic E-state index is -2.67. The summed E-state index contributed by atoms with van der Waals surface area (Å²) in [4.78, 5) is 41.1. The zero-order chi connectivity index (χ0) is 30.1. The van der Waals surface area contributed by atoms with Gasteiger partial charge in [-0.25, -0.2) is 0 Å². The van der Waals surface area contributed by atoms with Gasteiger partial charge in [-0.05, 0) is 69.0 Å². The molecule has 0 radical (unpaired) electrons. The van der Waals surface area contributed by atoms with Crippen molar-refractivity contribution >= 4 is 23.2 Å². The number of aliphatic hydroxyl groups excluding tert-OH is 2. The summed E-state index contributed by atoms with van der Waals surface area (Å²) in [6.45, 7) is 0.332. The molecule has 2 aromatic rings. The Hall–Kier alpha value is -3.93. The maximum Gasteiger partial charge on any atom is 0.255 e. The Bertz CT molecular complexity index is 1550. The zero-order valence-electron chi connectivity index (χ0n) is 23.5. The van der Waals surface area contributed by atoms with Crippen molar-refractivity contribution in [2.24, 2.45) is 17.6 Å². The summed E-state index contributed by atoms with van der Waals surface area (Å²) in [5.41, 5.74) is 4.39. The minimum absolute atomic E-state index is 0.0301. The van der Waals surface area contributed by atoms with E-state index < -0.39 is 58.0 Å². The molecular weight excluding hydrogens is 542 g/mol. The SMILES string of the molecule is CN(C)C1C(=O)C(C(N)=O)=C(O)[C@@]2(O)C(=O)C3=C(O)c4c(O)c(CNC5CCCC5)cc(-c5ccoc5)c4C[C@H]3C[C@@H]12. The molecule has 1 aromatic heterocycles. The van der Waals surface area contributed by atoms with Crippen LogP contribution < -0.4 is 11.1 Å². The number of nitrogens with zero attached hydrogens (tertiary/aromatic N) is 1. The summed E-state index contributed by atoms with van der Waals surface area (Å²) in [5.74, 6) is -6.64. The fourth-order valence-electron chi connectivity index (χ4n) is 7.56. The number of carbonyl (C=O) groups is 3. The third kappa shape index (κ3) is 4.02. The summed E-state index contributed by atoms with van der Waals surface area (Å²) in [7, 11) is 3.15. The molecule has 222 valence electrons. The van der Waals surface area contributed by atoms with E-state index in [0.717, 1.165) is 36.8 Å². The topological polar surface area (TPSA) is 187 Å². The van der Waals surface area contributed by atoms with Gasteiger partial charge in [0, 0.05) is 35.2 Å². The van der Waals surface area contributed by atoms with Crippen LogP contribution in [0.3, 0.4) is 0 Å². The average Bonchev–Trinajstić information content (AvgIpc) is 3.65. The quantitative estimate of drug-likeness (QED) is 0.278. The molecule has 0 spiro atoms. The number of rotatable bonds is 6. The van der Waals surface area contributed by atoms with Gasteiger partial charge in [-0.2, -0.15) is 0 Å². The number of aliphatic hydroxyl groups is 3. The number of fused-ring (bicyclic) bond motifs is 3. The van der Waals surface area contributed by atoms with Crippen molar-refractivity contribution in [1.82, 2.24) is 10.2 Å². The highest BCUT2D eigenvalue weighted by Gasteiger charge is 2.64. The fraction of sp³-hybridized carbons (Fsp3) is 0.452. The Kier molecular flexibility index (Phi) is 6.79. The Morgan fingerprint density at radius 1 is 1.19 bits per heavy atom. The molecule has 11 nitrogen and oxygen atoms in total. The fourth-order valence-corrected chi connectivity index (χ4v) is 7.56. The Labute approximate surface area is 242 Å². The molecule has 2 fully saturated rings. The third-order valence-electron chi connectivity index (χ3n) is 9.57. The highest BCUT2D eigenvalue weighted by Crippen LogP contribution is 2.54. The summed E-state index contributed by atoms with van der Waals surface area (Å²) in [5, 5.41) is 49.6. The van der Waals surface area contributed by atoms with Crippen LogP contribution in [0.2, 0.25) is 0 Å². The molecule has 1 aromatic carbocycles. The van der Waals surface area contributed by atoms with Gasteiger partial charge in [-0.1, -0.05) is 12.8 Å². The molecule has 4 aliphatic carbocycles. The van der Waals surface area contributed by atoms with Crippen LogP contribution >= 0.6 is 0 Å². The molecule has 2 saturated carbocycles. The van der Waals surface area contributed by atoms with Gasteiger partial charge < -0.3 is 35.9 Å². The number of benzene rings is 1. The summed E-state index contributed by atoms with van der Waals surface area (Å²) in [6, 6.07) is 2.82. The largest absolute Gasteiger partial charge is 0.508 e. The average molecular weight is 578 g/mol. The predicted octanol–water partition coefficient (Wildman–Crippen LogP) is 2.26. The number of hydrogen-bond donors (Lipinski definition) is 6. The summed E-state index contributed by atoms with van der Waals surface area (Å²) < 4.78 is 5.35. The van der Waals surface area contributed by atoms with E-state index in [2.05, 4.69) is 5.32 Å². The number of nitrogens with one attached hydrogen (secondary N) is 1. The van der Waals surface area contributed by atoms with Crippen molar-refractivity contribution in [3.63, 3.8) is 0 Å². The number of likely N-dealkylation sites (N-methyl/N-ethyl adjacent to an activating group) is 1. The van der Waals surface area contributed by atoms with Crippen molar-refractivity contribution < 1.29 is 39.2 Å². The summed E-state index contributed by atoms with van der Waals surface area (Å²) in [6.07, 6.45) is 7.67. The first-order valence-corrected chi connectivity index (χ1v) is 14.2. The van der Waals surface area contributed by atoms with Crippen molar-refractivity contribution in [2.45, 2.75) is 62.8 Å². The van der Waals surface area contributed by atoms with E-state index >= 15 is 0 Å². The summed E-state index contributed by atoms with van der Waals surface area (Å²) >= 11 is 0. The number of Topliss-reactive ketones (excluding diaryl/α,β-unsaturated/α-hetero) is 2. The number of furan rings is 1. The molecule has 1 amide bonds. The van der Waals surface area contributed by atoms with Crippen LogP contribution in [0.25, 0.3) is 16.9 Å². The molecular formula is C31H35N3O8. The first-order chi connectivity index (χ1) is 20.0. The highest BCUT2D eigenvalue weighted by molar-refractivity contribution is 6.24. The van der Waals surface area contributed by atoms with Crippen LogP contribution in [0.15, 0.2) is 46.0 Å². The second-order valence-corrected chi connectivity index (χ2v) is 12.1. The van der Waals surface area contributed by atoms with Gasteiger partial charge in [0.2, 0.25) is 5.78 Å². The first-order valence-electron chi connectivity index (χ1n) is 14.2. The van der Waals surface area contributed by atoms with Crippen LogP contribution in [-0.4, -0.2) is 74.6 Å². The Morgan fingerprint density at radius 2 is 1.90 bits per heavy atom. The predicted molar refractivity (Wildman–Crippen MR) is 151 cm³/mol. The Balaban J connectivity index is 1.52. The lowest BCUT2D eigenvalue weighted by Crippen LogP contribution is -2.65. The number of hydrogen-bond acceptors (Lipinski definition) is 10. The van der Waals surface area contributed by atoms with Crippen molar-refractivity contribution in [2.75, 3.05) is 14.1 Å². The van der Waals surface area contributed by atoms with E-state index in [1.807, 2.05) is 6.07 Å². The molecule has 0 bridgehead atoms. The number of phenols is 1. The second kappa shape index (κ2) is 10.1. The van der Waals surface area contributed by atoms with Crippen LogP contribution in [0, 0.1) is 11.8 Å². The molecule has 6 rings (SSSR count). The van der Waals surface area contributed by atoms with Gasteiger partial charge in [0.25, 0.3) is 5.91 Å². The molecule has 7 N–H and O–H groups in total. The van der Waals surface area contributed by atoms with E-state index in [1.54, 1.807) is 26.4 Å². The van der Waals surface area contributed by atoms with Crippen LogP contribution in [0.1, 0.15) is 48.8 Å². The maximum absolute atomic E-state index is 14.1. The van der Waals surface area contributed by atoms with E-state index in [4.69, 9.17) is 10.2 Å². The van der Waals surface area contributed by atoms with Crippen molar-refractivity contribution in [1.29, 1.82) is 0 Å². The molecule has 1 heterocycles. The number of amides is 1. The first kappa shape index (κ1) is 28.2. The molecule has 1 unspecified atom stereocenters. The standard InChI is InChI=1S/C31H35N3O8/c1-34(2)24-20-11-15-9-19-18(14-7-8-42-13-14)10-16(12-33-17-5-3-4-6-17)25(35)22(19)26(36)21(15)28(38)31(20,41)29(39)23(27(24)37)30(32)40/h7-8,10,13,15,17,20,24,33,35-36,39,41H,3-6,9,11-12H2,1-2H3,(H2,32,40)/t15-,20-,24?,31-/m0/s1. The van der Waals surface area contributed by atoms with Crippen LogP contribution in [0.4, 0.5) is 0 Å². The van der Waals surface area contributed by atoms with Crippen molar-refractivity contribution in [3.05, 3.63) is 58.3 Å². The van der Waals surface area contributed by atoms with Crippen LogP contribution in [-0.2, 0) is 27.3 Å². The Morgan fingerprint density at radius 3 is 2.52 bits per heavy atom. The number of nitrogens with two attached hydrogens (primary N) is 1. The van der Waals surface area contributed by atoms with Gasteiger partial charge in [-0.15, -0.1) is 0 Å². The van der Waals surface area contributed by atoms with Gasteiger partial charge in [0.1, 0.15) is 22.8 Å². The van der Waals surface area contributed by atoms with Gasteiger partial charge >= 0.3 is 0 Å². The monoisotopic (exact) mass is 577 g/mol. The molecule has 4 atom stereocenters. The number of aromatic hydroxyl groups is 1. The number of carbonyl (C=O) groups excluding carboxylic acids is 3. The lowest BCUT2D eigenvalue weighted by molar-refractivity contribution is -0.153. The van der Waals surface area contributed by atoms with E-state index in [0.29, 0.717) is 23.7 Å². The lowest BCUT2D eigenvalue weighted by Gasteiger charge is -2.50. The molecule has 42 heavy (non-hydrogen) atoms. The number of ketones is 2. The molecule has 0 saturated heterocycles. The van der Waals surface area contributed by atoms with Gasteiger partial charge in [-0.3, -0.25) is 19.3 Å². The second-order valence-electron chi connectivity index (χ2n) is 12.1. The number of primary amides is 1. The molecule has 11 heteroatoms. The lowest BCUT2D eigenvalue weighted by atomic mass is 9.57. The van der Waals surface area contributed by atoms with E-state index in [9.17, 15) is 34.8 Å². The zero-order valence-corrected chi connectivity index (χ0v) is 23.5. The molecule has 0 aliphatic heterocycles. The van der Waals surface area contributed by atoms with Gasteiger partial charge in [0.05, 0.1) is 24.1 Å². The van der Waals surface area contributed by atoms with E-state index in [1.165, 1.54) is 11.2 Å². The molecule has 4 aliphatic rings. The highest BCUT2D eigenvalue weighted by atomic mass is 16.3. The number of phenolic OH excluding ortho intramolecular Hbond substituents is 1. The smallest absolute Gasteiger partial charge is 0.255 e. The van der Waals surface area contributed by atoms with Gasteiger partial charge in [0.15, 0.2) is 11.4 Å². The van der Waals surface area contributed by atoms with Crippen molar-refractivity contribution in [3.8, 4) is 16.9 Å².